The lowest BCUT2D eigenvalue weighted by Crippen LogP contribution is -2.37. The van der Waals surface area contributed by atoms with Crippen molar-refractivity contribution >= 4 is 17.0 Å². The SMILES string of the molecule is COC(C)(C)ONC(=O)CCCC[C@@H](O)c1ccc(-c2nc3ccccc3o2)cc1. The minimum Gasteiger partial charge on any atom is -0.436 e. The number of oxazole rings is 1. The van der Waals surface area contributed by atoms with Gasteiger partial charge in [0, 0.05) is 19.1 Å². The number of ether oxygens (including phenoxy) is 1. The average Bonchev–Trinajstić information content (AvgIpc) is 3.19. The van der Waals surface area contributed by atoms with Gasteiger partial charge >= 0.3 is 0 Å². The number of carbonyl (C=O) groups excluding carboxylic acids is 1. The van der Waals surface area contributed by atoms with E-state index in [1.807, 2.05) is 48.5 Å². The summed E-state index contributed by atoms with van der Waals surface area (Å²) < 4.78 is 10.8. The van der Waals surface area contributed by atoms with Crippen molar-refractivity contribution in [2.75, 3.05) is 7.11 Å². The molecule has 30 heavy (non-hydrogen) atoms. The van der Waals surface area contributed by atoms with Crippen LogP contribution in [0.3, 0.4) is 0 Å². The first-order chi connectivity index (χ1) is 14.4. The van der Waals surface area contributed by atoms with E-state index in [2.05, 4.69) is 10.5 Å². The molecule has 0 saturated heterocycles. The first-order valence-electron chi connectivity index (χ1n) is 10.0. The van der Waals surface area contributed by atoms with Crippen LogP contribution in [-0.4, -0.2) is 28.9 Å². The van der Waals surface area contributed by atoms with Gasteiger partial charge in [0.1, 0.15) is 5.52 Å². The number of nitrogens with one attached hydrogen (secondary N) is 1. The molecule has 0 aliphatic heterocycles. The number of hydrogen-bond donors (Lipinski definition) is 2. The molecule has 1 aromatic heterocycles. The van der Waals surface area contributed by atoms with E-state index in [0.29, 0.717) is 25.2 Å². The molecule has 0 aliphatic rings. The Morgan fingerprint density at radius 2 is 1.90 bits per heavy atom. The summed E-state index contributed by atoms with van der Waals surface area (Å²) in [6.07, 6.45) is 1.67. The van der Waals surface area contributed by atoms with E-state index in [4.69, 9.17) is 14.0 Å². The van der Waals surface area contributed by atoms with E-state index in [1.54, 1.807) is 13.8 Å². The Morgan fingerprint density at radius 3 is 2.60 bits per heavy atom. The number of hydrogen-bond acceptors (Lipinski definition) is 6. The summed E-state index contributed by atoms with van der Waals surface area (Å²) in [5.41, 5.74) is 5.63. The number of carbonyl (C=O) groups is 1. The predicted octanol–water partition coefficient (Wildman–Crippen LogP) is 4.52. The number of aliphatic hydroxyl groups is 1. The minimum absolute atomic E-state index is 0.211. The number of nitrogens with zero attached hydrogens (tertiary/aromatic N) is 1. The third-order valence-electron chi connectivity index (χ3n) is 4.87. The summed E-state index contributed by atoms with van der Waals surface area (Å²) in [4.78, 5) is 21.4. The van der Waals surface area contributed by atoms with E-state index < -0.39 is 11.9 Å². The zero-order chi connectivity index (χ0) is 21.6. The van der Waals surface area contributed by atoms with Crippen molar-refractivity contribution in [3.05, 3.63) is 54.1 Å². The van der Waals surface area contributed by atoms with Gasteiger partial charge in [-0.25, -0.2) is 15.3 Å². The molecule has 3 aromatic rings. The number of fused-ring (bicyclic) bond motifs is 1. The highest BCUT2D eigenvalue weighted by molar-refractivity contribution is 5.76. The second-order valence-corrected chi connectivity index (χ2v) is 7.60. The molecule has 7 heteroatoms. The van der Waals surface area contributed by atoms with Crippen molar-refractivity contribution in [3.63, 3.8) is 0 Å². The molecule has 2 N–H and O–H groups in total. The van der Waals surface area contributed by atoms with E-state index in [1.165, 1.54) is 7.11 Å². The van der Waals surface area contributed by atoms with Crippen molar-refractivity contribution in [1.29, 1.82) is 0 Å². The number of hydroxylamine groups is 1. The summed E-state index contributed by atoms with van der Waals surface area (Å²) in [7, 11) is 1.51. The van der Waals surface area contributed by atoms with Crippen LogP contribution in [0, 0.1) is 0 Å². The van der Waals surface area contributed by atoms with E-state index in [-0.39, 0.29) is 5.91 Å². The van der Waals surface area contributed by atoms with Crippen LogP contribution in [0.25, 0.3) is 22.6 Å². The minimum atomic E-state index is -0.865. The van der Waals surface area contributed by atoms with Crippen LogP contribution in [-0.2, 0) is 14.4 Å². The van der Waals surface area contributed by atoms with Crippen molar-refractivity contribution in [2.45, 2.75) is 51.4 Å². The molecular weight excluding hydrogens is 384 g/mol. The molecule has 0 radical (unpaired) electrons. The number of methoxy groups -OCH3 is 1. The van der Waals surface area contributed by atoms with Crippen LogP contribution < -0.4 is 5.48 Å². The fourth-order valence-electron chi connectivity index (χ4n) is 2.91. The highest BCUT2D eigenvalue weighted by atomic mass is 16.8. The van der Waals surface area contributed by atoms with Crippen LogP contribution in [0.5, 0.6) is 0 Å². The van der Waals surface area contributed by atoms with Gasteiger partial charge in [-0.3, -0.25) is 4.79 Å². The number of unbranched alkanes of at least 4 members (excludes halogenated alkanes) is 1. The first kappa shape index (κ1) is 22.0. The molecule has 0 aliphatic carbocycles. The maximum absolute atomic E-state index is 11.8. The second-order valence-electron chi connectivity index (χ2n) is 7.60. The van der Waals surface area contributed by atoms with Crippen molar-refractivity contribution in [1.82, 2.24) is 10.5 Å². The van der Waals surface area contributed by atoms with Crippen molar-refractivity contribution in [2.24, 2.45) is 0 Å². The lowest BCUT2D eigenvalue weighted by Gasteiger charge is -2.22. The number of aromatic nitrogens is 1. The molecule has 1 amide bonds. The van der Waals surface area contributed by atoms with Crippen LogP contribution in [0.2, 0.25) is 0 Å². The highest BCUT2D eigenvalue weighted by Gasteiger charge is 2.18. The summed E-state index contributed by atoms with van der Waals surface area (Å²) in [5, 5.41) is 10.4. The zero-order valence-corrected chi connectivity index (χ0v) is 17.6. The van der Waals surface area contributed by atoms with Crippen molar-refractivity contribution in [3.8, 4) is 11.5 Å². The van der Waals surface area contributed by atoms with Crippen LogP contribution in [0.1, 0.15) is 51.2 Å². The van der Waals surface area contributed by atoms with E-state index in [9.17, 15) is 9.90 Å². The molecule has 1 heterocycles. The van der Waals surface area contributed by atoms with Gasteiger partial charge in [-0.1, -0.05) is 30.7 Å². The molecule has 7 nitrogen and oxygen atoms in total. The second kappa shape index (κ2) is 9.84. The fourth-order valence-corrected chi connectivity index (χ4v) is 2.91. The zero-order valence-electron chi connectivity index (χ0n) is 17.6. The Balaban J connectivity index is 1.44. The largest absolute Gasteiger partial charge is 0.436 e. The standard InChI is InChI=1S/C23H28N2O5/c1-23(2,28-3)30-25-21(27)11-7-5-9-19(26)16-12-14-17(15-13-16)22-24-18-8-4-6-10-20(18)29-22/h4,6,8,10,12-15,19,26H,5,7,9,11H2,1-3H3,(H,25,27)/t19-/m1/s1. The maximum Gasteiger partial charge on any atom is 0.243 e. The Labute approximate surface area is 176 Å². The molecule has 0 spiro atoms. The lowest BCUT2D eigenvalue weighted by atomic mass is 10.0. The molecule has 0 saturated carbocycles. The normalized spacial score (nSPS) is 12.8. The van der Waals surface area contributed by atoms with Gasteiger partial charge in [-0.05, 0) is 56.5 Å². The van der Waals surface area contributed by atoms with Gasteiger partial charge in [0.15, 0.2) is 11.4 Å². The monoisotopic (exact) mass is 412 g/mol. The molecular formula is C23H28N2O5. The predicted molar refractivity (Wildman–Crippen MR) is 113 cm³/mol. The molecule has 160 valence electrons. The molecule has 3 rings (SSSR count). The van der Waals surface area contributed by atoms with Gasteiger partial charge in [-0.15, -0.1) is 0 Å². The Hall–Kier alpha value is -2.74. The molecule has 2 aromatic carbocycles. The smallest absolute Gasteiger partial charge is 0.243 e. The number of para-hydroxylation sites is 2. The summed E-state index contributed by atoms with van der Waals surface area (Å²) in [6, 6.07) is 15.2. The maximum atomic E-state index is 11.8. The Bertz CT molecular complexity index is 932. The van der Waals surface area contributed by atoms with Crippen LogP contribution >= 0.6 is 0 Å². The van der Waals surface area contributed by atoms with Gasteiger partial charge < -0.3 is 14.3 Å². The van der Waals surface area contributed by atoms with Crippen LogP contribution in [0.15, 0.2) is 52.9 Å². The first-order valence-corrected chi connectivity index (χ1v) is 10.0. The summed E-state index contributed by atoms with van der Waals surface area (Å²) in [6.45, 7) is 3.42. The Kier molecular flexibility index (Phi) is 7.20. The highest BCUT2D eigenvalue weighted by Crippen LogP contribution is 2.26. The molecule has 0 unspecified atom stereocenters. The van der Waals surface area contributed by atoms with E-state index in [0.717, 1.165) is 28.6 Å². The number of rotatable bonds is 10. The van der Waals surface area contributed by atoms with Gasteiger partial charge in [-0.2, -0.15) is 0 Å². The van der Waals surface area contributed by atoms with Gasteiger partial charge in [0.25, 0.3) is 0 Å². The molecule has 0 bridgehead atoms. The topological polar surface area (TPSA) is 93.8 Å². The molecule has 1 atom stereocenters. The van der Waals surface area contributed by atoms with Gasteiger partial charge in [0.2, 0.25) is 11.8 Å². The number of benzene rings is 2. The Morgan fingerprint density at radius 1 is 1.17 bits per heavy atom. The van der Waals surface area contributed by atoms with Crippen molar-refractivity contribution < 1.29 is 23.9 Å². The molecule has 0 fully saturated rings. The van der Waals surface area contributed by atoms with Gasteiger partial charge in [0.05, 0.1) is 6.10 Å². The summed E-state index contributed by atoms with van der Waals surface area (Å²) in [5.74, 6) is -0.518. The number of aliphatic hydroxyl groups excluding tert-OH is 1. The average molecular weight is 412 g/mol. The fraction of sp³-hybridized carbons (Fsp3) is 0.391. The van der Waals surface area contributed by atoms with Crippen LogP contribution in [0.4, 0.5) is 0 Å². The third kappa shape index (κ3) is 5.89. The van der Waals surface area contributed by atoms with E-state index >= 15 is 0 Å². The lowest BCUT2D eigenvalue weighted by molar-refractivity contribution is -0.231. The number of amides is 1. The quantitative estimate of drug-likeness (QED) is 0.289. The third-order valence-corrected chi connectivity index (χ3v) is 4.87. The summed E-state index contributed by atoms with van der Waals surface area (Å²) >= 11 is 0.